The molecule has 0 atom stereocenters. The second-order valence-corrected chi connectivity index (χ2v) is 10.5. The number of hydrogen-bond donors (Lipinski definition) is 2. The maximum atomic E-state index is 13.1. The standard InChI is InChI=1S/C25H21ClF4N4O5S/c1-40(37,38)34(22-12-17(25(28,29)30)4-11-21(22)26)14-23(35)33-31-13-16-2-9-20(10-3-16)39-15-24(36)32-19-7-5-18(27)6-8-19/h2-13H,14-15H2,1H3,(H,32,36)(H,33,35)/b31-13+. The zero-order chi connectivity index (χ0) is 29.5. The number of anilines is 2. The van der Waals surface area contributed by atoms with Crippen LogP contribution in [0.25, 0.3) is 0 Å². The lowest BCUT2D eigenvalue weighted by atomic mass is 10.2. The van der Waals surface area contributed by atoms with Gasteiger partial charge in [-0.25, -0.2) is 18.2 Å². The van der Waals surface area contributed by atoms with Gasteiger partial charge >= 0.3 is 6.18 Å². The summed E-state index contributed by atoms with van der Waals surface area (Å²) in [4.78, 5) is 24.3. The number of hydrogen-bond acceptors (Lipinski definition) is 6. The third-order valence-electron chi connectivity index (χ3n) is 5.01. The number of amides is 2. The number of halogens is 5. The molecule has 3 aromatic carbocycles. The first kappa shape index (κ1) is 30.4. The Balaban J connectivity index is 1.56. The van der Waals surface area contributed by atoms with E-state index in [2.05, 4.69) is 15.8 Å². The van der Waals surface area contributed by atoms with Crippen molar-refractivity contribution < 1.29 is 40.3 Å². The fraction of sp³-hybridized carbons (Fsp3) is 0.160. The molecular weight excluding hydrogens is 580 g/mol. The van der Waals surface area contributed by atoms with Crippen LogP contribution in [0.4, 0.5) is 28.9 Å². The molecular formula is C25H21ClF4N4O5S. The Morgan fingerprint density at radius 3 is 2.27 bits per heavy atom. The minimum absolute atomic E-state index is 0.301. The fourth-order valence-electron chi connectivity index (χ4n) is 3.14. The van der Waals surface area contributed by atoms with Gasteiger partial charge in [0.05, 0.1) is 28.7 Å². The van der Waals surface area contributed by atoms with Crippen LogP contribution in [0.3, 0.4) is 0 Å². The van der Waals surface area contributed by atoms with Gasteiger partial charge in [-0.15, -0.1) is 0 Å². The first-order valence-electron chi connectivity index (χ1n) is 11.2. The van der Waals surface area contributed by atoms with Crippen LogP contribution < -0.4 is 19.8 Å². The summed E-state index contributed by atoms with van der Waals surface area (Å²) in [5.74, 6) is -1.50. The minimum Gasteiger partial charge on any atom is -0.484 e. The van der Waals surface area contributed by atoms with Crippen molar-refractivity contribution in [2.75, 3.05) is 29.0 Å². The Bertz CT molecular complexity index is 1500. The number of carbonyl (C=O) groups is 2. The van der Waals surface area contributed by atoms with Gasteiger partial charge in [-0.3, -0.25) is 13.9 Å². The Morgan fingerprint density at radius 1 is 1.02 bits per heavy atom. The van der Waals surface area contributed by atoms with E-state index in [4.69, 9.17) is 16.3 Å². The van der Waals surface area contributed by atoms with Crippen LogP contribution in [0, 0.1) is 5.82 Å². The van der Waals surface area contributed by atoms with E-state index in [0.29, 0.717) is 33.4 Å². The summed E-state index contributed by atoms with van der Waals surface area (Å²) >= 11 is 5.93. The maximum absolute atomic E-state index is 13.1. The third kappa shape index (κ3) is 8.95. The average molecular weight is 601 g/mol. The highest BCUT2D eigenvalue weighted by Gasteiger charge is 2.33. The Morgan fingerprint density at radius 2 is 1.68 bits per heavy atom. The van der Waals surface area contributed by atoms with Gasteiger partial charge in [-0.05, 0) is 72.3 Å². The molecule has 0 aromatic heterocycles. The van der Waals surface area contributed by atoms with Crippen LogP contribution in [0.2, 0.25) is 5.02 Å². The molecule has 15 heteroatoms. The van der Waals surface area contributed by atoms with Crippen molar-refractivity contribution in [3.05, 3.63) is 88.7 Å². The number of nitrogens with one attached hydrogen (secondary N) is 2. The number of rotatable bonds is 10. The topological polar surface area (TPSA) is 117 Å². The van der Waals surface area contributed by atoms with Crippen molar-refractivity contribution in [2.45, 2.75) is 6.18 Å². The normalized spacial score (nSPS) is 11.8. The van der Waals surface area contributed by atoms with E-state index in [-0.39, 0.29) is 11.6 Å². The quantitative estimate of drug-likeness (QED) is 0.203. The fourth-order valence-corrected chi connectivity index (χ4v) is 4.26. The van der Waals surface area contributed by atoms with Crippen LogP contribution in [0.1, 0.15) is 11.1 Å². The summed E-state index contributed by atoms with van der Waals surface area (Å²) in [7, 11) is -4.20. The van der Waals surface area contributed by atoms with Crippen molar-refractivity contribution in [1.82, 2.24) is 5.43 Å². The number of hydrazone groups is 1. The molecule has 2 N–H and O–H groups in total. The van der Waals surface area contributed by atoms with Crippen LogP contribution in [-0.4, -0.2) is 45.9 Å². The molecule has 3 aromatic rings. The number of alkyl halides is 3. The summed E-state index contributed by atoms with van der Waals surface area (Å²) in [5.41, 5.74) is 1.34. The number of carbonyl (C=O) groups excluding carboxylic acids is 2. The molecule has 0 bridgehead atoms. The maximum Gasteiger partial charge on any atom is 0.416 e. The molecule has 0 aliphatic carbocycles. The summed E-state index contributed by atoms with van der Waals surface area (Å²) in [6.07, 6.45) is -2.81. The largest absolute Gasteiger partial charge is 0.484 e. The molecule has 9 nitrogen and oxygen atoms in total. The zero-order valence-electron chi connectivity index (χ0n) is 20.6. The third-order valence-corrected chi connectivity index (χ3v) is 6.46. The number of benzene rings is 3. The highest BCUT2D eigenvalue weighted by Crippen LogP contribution is 2.36. The predicted molar refractivity (Wildman–Crippen MR) is 141 cm³/mol. The Hall–Kier alpha value is -4.17. The molecule has 0 saturated heterocycles. The number of sulfonamides is 1. The van der Waals surface area contributed by atoms with E-state index < -0.39 is 51.6 Å². The molecule has 0 radical (unpaired) electrons. The van der Waals surface area contributed by atoms with Crippen LogP contribution in [0.5, 0.6) is 5.75 Å². The number of ether oxygens (including phenoxy) is 1. The lowest BCUT2D eigenvalue weighted by molar-refractivity contribution is -0.137. The van der Waals surface area contributed by atoms with Gasteiger partial charge in [0, 0.05) is 5.69 Å². The van der Waals surface area contributed by atoms with Gasteiger partial charge in [0.25, 0.3) is 11.8 Å². The molecule has 40 heavy (non-hydrogen) atoms. The molecule has 2 amide bonds. The first-order chi connectivity index (χ1) is 18.7. The Labute approximate surface area is 231 Å². The van der Waals surface area contributed by atoms with Crippen molar-refractivity contribution in [3.8, 4) is 5.75 Å². The van der Waals surface area contributed by atoms with E-state index >= 15 is 0 Å². The second kappa shape index (κ2) is 12.8. The molecule has 212 valence electrons. The van der Waals surface area contributed by atoms with Gasteiger partial charge in [0.1, 0.15) is 18.1 Å². The molecule has 0 saturated carbocycles. The smallest absolute Gasteiger partial charge is 0.416 e. The molecule has 0 fully saturated rings. The molecule has 3 rings (SSSR count). The minimum atomic E-state index is -4.76. The monoisotopic (exact) mass is 600 g/mol. The van der Waals surface area contributed by atoms with Gasteiger partial charge in [-0.2, -0.15) is 18.3 Å². The summed E-state index contributed by atoms with van der Waals surface area (Å²) in [6, 6.07) is 13.5. The van der Waals surface area contributed by atoms with Gasteiger partial charge in [0.2, 0.25) is 10.0 Å². The molecule has 0 spiro atoms. The van der Waals surface area contributed by atoms with Crippen LogP contribution in [0.15, 0.2) is 71.8 Å². The predicted octanol–water partition coefficient (Wildman–Crippen LogP) is 4.43. The SMILES string of the molecule is CS(=O)(=O)N(CC(=O)N/N=C/c1ccc(OCC(=O)Nc2ccc(F)cc2)cc1)c1cc(C(F)(F)F)ccc1Cl. The molecule has 0 aliphatic rings. The van der Waals surface area contributed by atoms with Gasteiger partial charge in [0.15, 0.2) is 6.61 Å². The van der Waals surface area contributed by atoms with E-state index in [9.17, 15) is 35.6 Å². The molecule has 0 aliphatic heterocycles. The lowest BCUT2D eigenvalue weighted by Gasteiger charge is -2.23. The van der Waals surface area contributed by atoms with Crippen LogP contribution in [-0.2, 0) is 25.8 Å². The zero-order valence-corrected chi connectivity index (χ0v) is 22.1. The van der Waals surface area contributed by atoms with Gasteiger partial charge < -0.3 is 10.1 Å². The van der Waals surface area contributed by atoms with Crippen LogP contribution >= 0.6 is 11.6 Å². The van der Waals surface area contributed by atoms with E-state index in [0.717, 1.165) is 12.3 Å². The lowest BCUT2D eigenvalue weighted by Crippen LogP contribution is -2.39. The second-order valence-electron chi connectivity index (χ2n) is 8.14. The van der Waals surface area contributed by atoms with Gasteiger partial charge in [-0.1, -0.05) is 11.6 Å². The number of nitrogens with zero attached hydrogens (tertiary/aromatic N) is 2. The highest BCUT2D eigenvalue weighted by atomic mass is 35.5. The highest BCUT2D eigenvalue weighted by molar-refractivity contribution is 7.92. The van der Waals surface area contributed by atoms with Crippen molar-refractivity contribution in [1.29, 1.82) is 0 Å². The van der Waals surface area contributed by atoms with E-state index in [1.165, 1.54) is 42.6 Å². The summed E-state index contributed by atoms with van der Waals surface area (Å²) in [6.45, 7) is -1.20. The Kier molecular flexibility index (Phi) is 9.71. The van der Waals surface area contributed by atoms with Crippen molar-refractivity contribution in [2.24, 2.45) is 5.10 Å². The van der Waals surface area contributed by atoms with E-state index in [1.54, 1.807) is 12.1 Å². The van der Waals surface area contributed by atoms with E-state index in [1.807, 2.05) is 0 Å². The first-order valence-corrected chi connectivity index (χ1v) is 13.4. The molecule has 0 unspecified atom stereocenters. The van der Waals surface area contributed by atoms with Crippen molar-refractivity contribution in [3.63, 3.8) is 0 Å². The summed E-state index contributed by atoms with van der Waals surface area (Å²) in [5, 5.41) is 5.96. The average Bonchev–Trinajstić information content (AvgIpc) is 2.87. The molecule has 0 heterocycles. The van der Waals surface area contributed by atoms with Crippen molar-refractivity contribution >= 4 is 51.0 Å². The summed E-state index contributed by atoms with van der Waals surface area (Å²) < 4.78 is 82.5.